The zero-order chi connectivity index (χ0) is 20.5. The van der Waals surface area contributed by atoms with E-state index >= 15 is 0 Å². The lowest BCUT2D eigenvalue weighted by molar-refractivity contribution is -0.0443. The van der Waals surface area contributed by atoms with Crippen LogP contribution in [-0.2, 0) is 9.16 Å². The molecule has 0 saturated carbocycles. The predicted octanol–water partition coefficient (Wildman–Crippen LogP) is 2.69. The zero-order valence-electron chi connectivity index (χ0n) is 17.5. The van der Waals surface area contributed by atoms with Crippen LogP contribution in [0.25, 0.3) is 0 Å². The summed E-state index contributed by atoms with van der Waals surface area (Å²) >= 11 is 0. The number of aliphatic hydroxyl groups is 1. The van der Waals surface area contributed by atoms with Gasteiger partial charge in [-0.25, -0.2) is 4.79 Å². The van der Waals surface area contributed by atoms with Crippen LogP contribution in [-0.4, -0.2) is 41.8 Å². The summed E-state index contributed by atoms with van der Waals surface area (Å²) in [5, 5.41) is 9.85. The fourth-order valence-corrected chi connectivity index (χ4v) is 10.2. The minimum absolute atomic E-state index is 0.170. The van der Waals surface area contributed by atoms with Crippen LogP contribution in [0.4, 0.5) is 0 Å². The van der Waals surface area contributed by atoms with E-state index in [1.165, 1.54) is 10.8 Å². The highest BCUT2D eigenvalue weighted by Gasteiger charge is 2.50. The van der Waals surface area contributed by atoms with E-state index in [-0.39, 0.29) is 12.7 Å². The van der Waals surface area contributed by atoms with Crippen LogP contribution in [0.1, 0.15) is 59.8 Å². The van der Waals surface area contributed by atoms with Gasteiger partial charge in [0.1, 0.15) is 12.3 Å². The first-order valence-electron chi connectivity index (χ1n) is 9.80. The third-order valence-electron chi connectivity index (χ3n) is 5.88. The molecule has 1 saturated heterocycles. The number of aryl methyl sites for hydroxylation is 1. The molecular formula is C19H34N2O5Si. The molecule has 1 unspecified atom stereocenters. The first-order valence-corrected chi connectivity index (χ1v) is 11.9. The van der Waals surface area contributed by atoms with Crippen molar-refractivity contribution in [3.63, 3.8) is 0 Å². The summed E-state index contributed by atoms with van der Waals surface area (Å²) in [5.74, 6) is 0. The molecule has 0 amide bonds. The number of nitrogens with zero attached hydrogens (tertiary/aromatic N) is 1. The third kappa shape index (κ3) is 4.13. The van der Waals surface area contributed by atoms with Crippen LogP contribution in [0.15, 0.2) is 15.8 Å². The van der Waals surface area contributed by atoms with Gasteiger partial charge in [0, 0.05) is 18.2 Å². The number of rotatable bonds is 7. The van der Waals surface area contributed by atoms with E-state index in [0.29, 0.717) is 28.6 Å². The molecule has 27 heavy (non-hydrogen) atoms. The summed E-state index contributed by atoms with van der Waals surface area (Å²) in [6.45, 7) is 14.7. The summed E-state index contributed by atoms with van der Waals surface area (Å²) < 4.78 is 14.2. The number of aromatic amines is 1. The Hall–Kier alpha value is -1.22. The van der Waals surface area contributed by atoms with Gasteiger partial charge in [-0.2, -0.15) is 0 Å². The van der Waals surface area contributed by atoms with E-state index in [4.69, 9.17) is 9.16 Å². The Morgan fingerprint density at radius 2 is 1.78 bits per heavy atom. The van der Waals surface area contributed by atoms with Crippen LogP contribution in [0.3, 0.4) is 0 Å². The molecule has 1 aromatic heterocycles. The Labute approximate surface area is 161 Å². The molecule has 1 fully saturated rings. The van der Waals surface area contributed by atoms with Gasteiger partial charge in [-0.05, 0) is 23.5 Å². The van der Waals surface area contributed by atoms with Crippen LogP contribution in [0, 0.1) is 6.92 Å². The van der Waals surface area contributed by atoms with E-state index in [2.05, 4.69) is 46.5 Å². The summed E-state index contributed by atoms with van der Waals surface area (Å²) in [4.78, 5) is 26.2. The van der Waals surface area contributed by atoms with Crippen molar-refractivity contribution in [1.82, 2.24) is 9.55 Å². The van der Waals surface area contributed by atoms with Crippen LogP contribution in [0.2, 0.25) is 16.6 Å². The maximum absolute atomic E-state index is 12.2. The van der Waals surface area contributed by atoms with Gasteiger partial charge < -0.3 is 14.3 Å². The van der Waals surface area contributed by atoms with Gasteiger partial charge >= 0.3 is 5.69 Å². The van der Waals surface area contributed by atoms with Crippen molar-refractivity contribution >= 4 is 8.32 Å². The van der Waals surface area contributed by atoms with Crippen molar-refractivity contribution in [2.24, 2.45) is 0 Å². The van der Waals surface area contributed by atoms with Gasteiger partial charge in [-0.1, -0.05) is 41.5 Å². The number of ether oxygens (including phenoxy) is 1. The number of hydrogen-bond donors (Lipinski definition) is 2. The van der Waals surface area contributed by atoms with Crippen LogP contribution in [0.5, 0.6) is 0 Å². The topological polar surface area (TPSA) is 93.6 Å². The number of aliphatic hydroxyl groups excluding tert-OH is 1. The highest BCUT2D eigenvalue weighted by molar-refractivity contribution is 6.77. The average molecular weight is 399 g/mol. The van der Waals surface area contributed by atoms with Crippen molar-refractivity contribution in [2.75, 3.05) is 6.61 Å². The highest BCUT2D eigenvalue weighted by atomic mass is 28.4. The molecule has 0 radical (unpaired) electrons. The average Bonchev–Trinajstić information content (AvgIpc) is 2.97. The zero-order valence-corrected chi connectivity index (χ0v) is 18.5. The smallest absolute Gasteiger partial charge is 0.330 e. The highest BCUT2D eigenvalue weighted by Crippen LogP contribution is 2.45. The molecule has 1 aliphatic heterocycles. The fraction of sp³-hybridized carbons (Fsp3) is 0.789. The lowest BCUT2D eigenvalue weighted by Crippen LogP contribution is -2.51. The molecule has 0 aliphatic carbocycles. The normalized spacial score (nSPS) is 23.7. The molecule has 1 aliphatic rings. The summed E-state index contributed by atoms with van der Waals surface area (Å²) in [5.41, 5.74) is 0.773. The van der Waals surface area contributed by atoms with E-state index in [1.54, 1.807) is 6.92 Å². The van der Waals surface area contributed by atoms with Crippen LogP contribution < -0.4 is 11.2 Å². The Morgan fingerprint density at radius 3 is 2.26 bits per heavy atom. The van der Waals surface area contributed by atoms with Gasteiger partial charge in [-0.15, -0.1) is 0 Å². The first-order chi connectivity index (χ1) is 12.5. The van der Waals surface area contributed by atoms with E-state index < -0.39 is 31.9 Å². The van der Waals surface area contributed by atoms with Crippen LogP contribution >= 0.6 is 0 Å². The molecule has 7 nitrogen and oxygen atoms in total. The molecule has 3 atom stereocenters. The minimum Gasteiger partial charge on any atom is -0.410 e. The second-order valence-electron chi connectivity index (χ2n) is 8.50. The van der Waals surface area contributed by atoms with Gasteiger partial charge in [0.05, 0.1) is 12.7 Å². The van der Waals surface area contributed by atoms with Crippen molar-refractivity contribution in [1.29, 1.82) is 0 Å². The number of aromatic nitrogens is 2. The Morgan fingerprint density at radius 1 is 1.22 bits per heavy atom. The van der Waals surface area contributed by atoms with Crippen molar-refractivity contribution in [3.8, 4) is 0 Å². The third-order valence-corrected chi connectivity index (χ3v) is 12.0. The maximum Gasteiger partial charge on any atom is 0.330 e. The molecule has 2 N–H and O–H groups in total. The lowest BCUT2D eigenvalue weighted by atomic mass is 10.2. The second-order valence-corrected chi connectivity index (χ2v) is 13.9. The minimum atomic E-state index is -2.15. The molecule has 0 bridgehead atoms. The Kier molecular flexibility index (Phi) is 6.89. The number of hydrogen-bond acceptors (Lipinski definition) is 5. The standard InChI is InChI=1S/C19H34N2O5Si/c1-11(2)27(12(3)4,13(5)6)26-15-8-17(25-16(15)10-22)21-9-14(7)18(23)20-19(21)24/h9,11-13,15-17,22H,8,10H2,1-7H3,(H,20,23,24)/t15?,16-,17-/m1/s1. The van der Waals surface area contributed by atoms with E-state index in [1.807, 2.05) is 0 Å². The van der Waals surface area contributed by atoms with Gasteiger partial charge in [0.25, 0.3) is 5.56 Å². The van der Waals surface area contributed by atoms with Crippen molar-refractivity contribution in [3.05, 3.63) is 32.6 Å². The molecule has 2 rings (SSSR count). The summed E-state index contributed by atoms with van der Waals surface area (Å²) in [6, 6.07) is 0. The molecule has 2 heterocycles. The fourth-order valence-electron chi connectivity index (χ4n) is 4.63. The molecule has 1 aromatic rings. The molecule has 0 aromatic carbocycles. The molecule has 154 valence electrons. The molecular weight excluding hydrogens is 364 g/mol. The maximum atomic E-state index is 12.2. The van der Waals surface area contributed by atoms with Crippen molar-refractivity contribution in [2.45, 2.75) is 89.9 Å². The largest absolute Gasteiger partial charge is 0.410 e. The number of nitrogens with one attached hydrogen (secondary N) is 1. The van der Waals surface area contributed by atoms with E-state index in [9.17, 15) is 14.7 Å². The van der Waals surface area contributed by atoms with Gasteiger partial charge in [-0.3, -0.25) is 14.3 Å². The second kappa shape index (κ2) is 8.42. The lowest BCUT2D eigenvalue weighted by Gasteiger charge is -2.44. The van der Waals surface area contributed by atoms with Gasteiger partial charge in [0.15, 0.2) is 0 Å². The van der Waals surface area contributed by atoms with Gasteiger partial charge in [0.2, 0.25) is 8.32 Å². The Bertz CT molecular complexity index is 733. The SMILES string of the molecule is Cc1cn([C@H]2CC(O[Si](C(C)C)(C(C)C)C(C)C)[C@@H](CO)O2)c(=O)[nH]c1=O. The summed E-state index contributed by atoms with van der Waals surface area (Å²) in [7, 11) is -2.15. The predicted molar refractivity (Wildman–Crippen MR) is 108 cm³/mol. The molecule has 0 spiro atoms. The summed E-state index contributed by atoms with van der Waals surface area (Å²) in [6.07, 6.45) is 0.654. The quantitative estimate of drug-likeness (QED) is 0.689. The van der Waals surface area contributed by atoms with Crippen molar-refractivity contribution < 1.29 is 14.3 Å². The number of H-pyrrole nitrogens is 1. The monoisotopic (exact) mass is 398 g/mol. The Balaban J connectivity index is 2.35. The van der Waals surface area contributed by atoms with E-state index in [0.717, 1.165) is 0 Å². The molecule has 8 heteroatoms. The first kappa shape index (κ1) is 22.1.